The highest BCUT2D eigenvalue weighted by Crippen LogP contribution is 2.36. The van der Waals surface area contributed by atoms with Gasteiger partial charge in [0.2, 0.25) is 5.91 Å². The number of carboxylic acids is 1. The molecule has 33 heavy (non-hydrogen) atoms. The van der Waals surface area contributed by atoms with E-state index < -0.39 is 11.4 Å². The van der Waals surface area contributed by atoms with Gasteiger partial charge in [-0.2, -0.15) is 0 Å². The van der Waals surface area contributed by atoms with E-state index in [-0.39, 0.29) is 17.5 Å². The first-order chi connectivity index (χ1) is 15.9. The van der Waals surface area contributed by atoms with Gasteiger partial charge in [0.25, 0.3) is 0 Å². The Hall–Kier alpha value is -2.86. The summed E-state index contributed by atoms with van der Waals surface area (Å²) >= 11 is 0. The average Bonchev–Trinajstić information content (AvgIpc) is 2.83. The van der Waals surface area contributed by atoms with Gasteiger partial charge in [0, 0.05) is 13.2 Å². The van der Waals surface area contributed by atoms with E-state index in [0.717, 1.165) is 29.7 Å². The first-order valence-corrected chi connectivity index (χ1v) is 11.8. The Balaban J connectivity index is 1.73. The van der Waals surface area contributed by atoms with Crippen molar-refractivity contribution in [1.82, 2.24) is 5.32 Å². The molecule has 3 rings (SSSR count). The summed E-state index contributed by atoms with van der Waals surface area (Å²) in [4.78, 5) is 24.7. The topological polar surface area (TPSA) is 84.9 Å². The first-order valence-electron chi connectivity index (χ1n) is 11.8. The zero-order valence-electron chi connectivity index (χ0n) is 19.8. The molecule has 1 aliphatic heterocycles. The van der Waals surface area contributed by atoms with Gasteiger partial charge in [-0.1, -0.05) is 44.5 Å². The molecule has 178 valence electrons. The molecule has 1 heterocycles. The molecule has 2 N–H and O–H groups in total. The van der Waals surface area contributed by atoms with E-state index in [1.165, 1.54) is 0 Å². The van der Waals surface area contributed by atoms with Crippen molar-refractivity contribution in [2.75, 3.05) is 19.8 Å². The van der Waals surface area contributed by atoms with Crippen LogP contribution in [-0.4, -0.2) is 36.8 Å². The van der Waals surface area contributed by atoms with Crippen molar-refractivity contribution in [3.63, 3.8) is 0 Å². The molecule has 2 unspecified atom stereocenters. The fraction of sp³-hybridized carbons (Fsp3) is 0.481. The lowest BCUT2D eigenvalue weighted by Crippen LogP contribution is -2.48. The molecule has 1 amide bonds. The molecule has 0 aliphatic carbocycles. The van der Waals surface area contributed by atoms with E-state index in [1.807, 2.05) is 31.2 Å². The van der Waals surface area contributed by atoms with Crippen LogP contribution in [0, 0.1) is 5.92 Å². The fourth-order valence-electron chi connectivity index (χ4n) is 4.38. The van der Waals surface area contributed by atoms with Crippen molar-refractivity contribution in [1.29, 1.82) is 0 Å². The van der Waals surface area contributed by atoms with Crippen LogP contribution in [0.5, 0.6) is 5.75 Å². The number of rotatable bonds is 10. The Labute approximate surface area is 196 Å². The van der Waals surface area contributed by atoms with E-state index in [1.54, 1.807) is 24.3 Å². The van der Waals surface area contributed by atoms with Crippen LogP contribution in [0.2, 0.25) is 0 Å². The zero-order chi connectivity index (χ0) is 23.8. The molecule has 0 radical (unpaired) electrons. The average molecular weight is 454 g/mol. The van der Waals surface area contributed by atoms with Crippen molar-refractivity contribution >= 4 is 11.9 Å². The van der Waals surface area contributed by atoms with Crippen molar-refractivity contribution in [3.05, 3.63) is 65.2 Å². The molecule has 2 aromatic carbocycles. The molecule has 1 aliphatic rings. The molecule has 0 aromatic heterocycles. The third-order valence-corrected chi connectivity index (χ3v) is 6.51. The highest BCUT2D eigenvalue weighted by atomic mass is 16.5. The maximum Gasteiger partial charge on any atom is 0.335 e. The Morgan fingerprint density at radius 1 is 1.06 bits per heavy atom. The SMILES string of the molecule is CCCC(C)COc1ccc(C2(C(=O)NC(C)c3ccc(C(=O)O)cc3)CCOCC2)cc1. The molecule has 1 fully saturated rings. The van der Waals surface area contributed by atoms with E-state index in [2.05, 4.69) is 19.2 Å². The van der Waals surface area contributed by atoms with Crippen LogP contribution in [-0.2, 0) is 14.9 Å². The van der Waals surface area contributed by atoms with Gasteiger partial charge in [0.15, 0.2) is 0 Å². The van der Waals surface area contributed by atoms with E-state index in [9.17, 15) is 9.59 Å². The van der Waals surface area contributed by atoms with Gasteiger partial charge in [0.1, 0.15) is 5.75 Å². The third kappa shape index (κ3) is 6.14. The summed E-state index contributed by atoms with van der Waals surface area (Å²) in [6.45, 7) is 8.02. The molecule has 6 nitrogen and oxygen atoms in total. The number of hydrogen-bond acceptors (Lipinski definition) is 4. The van der Waals surface area contributed by atoms with Crippen LogP contribution in [0.25, 0.3) is 0 Å². The number of carbonyl (C=O) groups is 2. The van der Waals surface area contributed by atoms with Gasteiger partial charge < -0.3 is 19.9 Å². The summed E-state index contributed by atoms with van der Waals surface area (Å²) in [7, 11) is 0. The highest BCUT2D eigenvalue weighted by Gasteiger charge is 2.42. The summed E-state index contributed by atoms with van der Waals surface area (Å²) in [5, 5.41) is 12.3. The molecule has 2 aromatic rings. The van der Waals surface area contributed by atoms with Crippen LogP contribution in [0.4, 0.5) is 0 Å². The molecule has 1 saturated heterocycles. The van der Waals surface area contributed by atoms with Gasteiger partial charge in [-0.05, 0) is 67.5 Å². The Morgan fingerprint density at radius 2 is 1.70 bits per heavy atom. The fourth-order valence-corrected chi connectivity index (χ4v) is 4.38. The minimum atomic E-state index is -0.966. The van der Waals surface area contributed by atoms with E-state index in [4.69, 9.17) is 14.6 Å². The quantitative estimate of drug-likeness (QED) is 0.521. The van der Waals surface area contributed by atoms with Crippen molar-refractivity contribution < 1.29 is 24.2 Å². The Bertz CT molecular complexity index is 917. The molecule has 0 spiro atoms. The lowest BCUT2D eigenvalue weighted by atomic mass is 9.73. The van der Waals surface area contributed by atoms with Crippen molar-refractivity contribution in [2.45, 2.75) is 57.9 Å². The van der Waals surface area contributed by atoms with Gasteiger partial charge in [-0.3, -0.25) is 4.79 Å². The molecule has 2 atom stereocenters. The Morgan fingerprint density at radius 3 is 2.27 bits per heavy atom. The normalized spacial score (nSPS) is 17.1. The summed E-state index contributed by atoms with van der Waals surface area (Å²) in [6.07, 6.45) is 3.50. The smallest absolute Gasteiger partial charge is 0.335 e. The molecule has 6 heteroatoms. The summed E-state index contributed by atoms with van der Waals surface area (Å²) in [5.41, 5.74) is 1.39. The van der Waals surface area contributed by atoms with Crippen LogP contribution >= 0.6 is 0 Å². The van der Waals surface area contributed by atoms with Crippen LogP contribution < -0.4 is 10.1 Å². The summed E-state index contributed by atoms with van der Waals surface area (Å²) < 4.78 is 11.5. The number of nitrogens with one attached hydrogen (secondary N) is 1. The molecule has 0 saturated carbocycles. The molecular weight excluding hydrogens is 418 g/mol. The second kappa shape index (κ2) is 11.3. The highest BCUT2D eigenvalue weighted by molar-refractivity contribution is 5.89. The number of amides is 1. The minimum absolute atomic E-state index is 0.0363. The number of carbonyl (C=O) groups excluding carboxylic acids is 1. The van der Waals surface area contributed by atoms with Gasteiger partial charge >= 0.3 is 5.97 Å². The lowest BCUT2D eigenvalue weighted by molar-refractivity contribution is -0.131. The minimum Gasteiger partial charge on any atom is -0.493 e. The number of carboxylic acid groups (broad SMARTS) is 1. The van der Waals surface area contributed by atoms with Gasteiger partial charge in [0.05, 0.1) is 23.6 Å². The maximum atomic E-state index is 13.6. The summed E-state index contributed by atoms with van der Waals surface area (Å²) in [5.74, 6) is 0.321. The predicted molar refractivity (Wildman–Crippen MR) is 128 cm³/mol. The maximum absolute atomic E-state index is 13.6. The monoisotopic (exact) mass is 453 g/mol. The zero-order valence-corrected chi connectivity index (χ0v) is 19.8. The van der Waals surface area contributed by atoms with Crippen LogP contribution in [0.1, 0.15) is 74.0 Å². The van der Waals surface area contributed by atoms with Crippen molar-refractivity contribution in [2.24, 2.45) is 5.92 Å². The Kier molecular flexibility index (Phi) is 8.50. The molecular formula is C27H35NO5. The van der Waals surface area contributed by atoms with Crippen LogP contribution in [0.15, 0.2) is 48.5 Å². The van der Waals surface area contributed by atoms with E-state index >= 15 is 0 Å². The summed E-state index contributed by atoms with van der Waals surface area (Å²) in [6, 6.07) is 14.3. The lowest BCUT2D eigenvalue weighted by Gasteiger charge is -2.37. The number of benzene rings is 2. The number of hydrogen-bond donors (Lipinski definition) is 2. The predicted octanol–water partition coefficient (Wildman–Crippen LogP) is 5.13. The standard InChI is InChI=1S/C27H35NO5/c1-4-5-19(2)18-33-24-12-10-23(11-13-24)27(14-16-32-17-15-27)26(31)28-20(3)21-6-8-22(9-7-21)25(29)30/h6-13,19-20H,4-5,14-18H2,1-3H3,(H,28,31)(H,29,30). The van der Waals surface area contributed by atoms with Gasteiger partial charge in [-0.25, -0.2) is 4.79 Å². The van der Waals surface area contributed by atoms with Gasteiger partial charge in [-0.15, -0.1) is 0 Å². The third-order valence-electron chi connectivity index (χ3n) is 6.51. The first kappa shape index (κ1) is 24.8. The number of ether oxygens (including phenoxy) is 2. The van der Waals surface area contributed by atoms with Crippen molar-refractivity contribution in [3.8, 4) is 5.75 Å². The second-order valence-electron chi connectivity index (χ2n) is 9.05. The number of aromatic carboxylic acids is 1. The van der Waals surface area contributed by atoms with E-state index in [0.29, 0.717) is 38.6 Å². The molecule has 0 bridgehead atoms. The van der Waals surface area contributed by atoms with Crippen LogP contribution in [0.3, 0.4) is 0 Å². The second-order valence-corrected chi connectivity index (χ2v) is 9.05. The largest absolute Gasteiger partial charge is 0.493 e.